The summed E-state index contributed by atoms with van der Waals surface area (Å²) in [4.78, 5) is 14.0. The van der Waals surface area contributed by atoms with Crippen molar-refractivity contribution >= 4 is 23.3 Å². The molecule has 1 aliphatic carbocycles. The van der Waals surface area contributed by atoms with E-state index in [0.717, 1.165) is 0 Å². The van der Waals surface area contributed by atoms with Crippen molar-refractivity contribution in [1.29, 1.82) is 0 Å². The molecule has 1 aromatic carbocycles. The van der Waals surface area contributed by atoms with E-state index in [1.165, 1.54) is 4.90 Å². The number of rotatable bonds is 2. The first kappa shape index (κ1) is 17.2. The SMILES string of the molecule is O=C(Nc1cccc(Cl)c1)N1CCc2[nH]nc(C3(C(F)(F)F)CC3)c2C1. The standard InChI is InChI=1S/C17H16ClF3N4O/c18-10-2-1-3-11(8-10)22-15(26)25-7-4-13-12(9-25)14(24-23-13)16(5-6-16)17(19,20)21/h1-3,8H,4-7,9H2,(H,22,26)(H,23,24). The summed E-state index contributed by atoms with van der Waals surface area (Å²) >= 11 is 5.90. The van der Waals surface area contributed by atoms with Crippen LogP contribution >= 0.6 is 11.6 Å². The number of carbonyl (C=O) groups is 1. The molecule has 0 unspecified atom stereocenters. The van der Waals surface area contributed by atoms with Gasteiger partial charge in [0, 0.05) is 34.9 Å². The minimum absolute atomic E-state index is 0.0419. The van der Waals surface area contributed by atoms with E-state index in [1.54, 1.807) is 24.3 Å². The van der Waals surface area contributed by atoms with Crippen LogP contribution in [-0.2, 0) is 18.4 Å². The average molecular weight is 385 g/mol. The number of carbonyl (C=O) groups excluding carboxylic acids is 1. The minimum atomic E-state index is -4.33. The molecule has 138 valence electrons. The Morgan fingerprint density at radius 1 is 1.35 bits per heavy atom. The predicted molar refractivity (Wildman–Crippen MR) is 90.1 cm³/mol. The molecule has 2 aromatic rings. The molecule has 1 saturated carbocycles. The molecule has 0 spiro atoms. The van der Waals surface area contributed by atoms with Crippen LogP contribution in [0.25, 0.3) is 0 Å². The molecule has 1 aliphatic heterocycles. The number of alkyl halides is 3. The number of benzene rings is 1. The van der Waals surface area contributed by atoms with Crippen LogP contribution in [-0.4, -0.2) is 33.8 Å². The van der Waals surface area contributed by atoms with Gasteiger partial charge in [0.15, 0.2) is 0 Å². The van der Waals surface area contributed by atoms with Crippen molar-refractivity contribution in [2.24, 2.45) is 0 Å². The third-order valence-electron chi connectivity index (χ3n) is 5.04. The van der Waals surface area contributed by atoms with Crippen LogP contribution in [0, 0.1) is 0 Å². The highest BCUT2D eigenvalue weighted by Gasteiger charge is 2.66. The Morgan fingerprint density at radius 3 is 2.77 bits per heavy atom. The summed E-state index contributed by atoms with van der Waals surface area (Å²) in [5.74, 6) is 0. The Bertz CT molecular complexity index is 860. The van der Waals surface area contributed by atoms with E-state index in [1.807, 2.05) is 0 Å². The smallest absolute Gasteiger partial charge is 0.320 e. The van der Waals surface area contributed by atoms with Gasteiger partial charge in [0.05, 0.1) is 12.2 Å². The number of urea groups is 1. The quantitative estimate of drug-likeness (QED) is 0.813. The average Bonchev–Trinajstić information content (AvgIpc) is 3.29. The van der Waals surface area contributed by atoms with Crippen molar-refractivity contribution in [2.45, 2.75) is 37.4 Å². The molecular formula is C17H16ClF3N4O. The van der Waals surface area contributed by atoms with Crippen molar-refractivity contribution in [2.75, 3.05) is 11.9 Å². The zero-order chi connectivity index (χ0) is 18.5. The van der Waals surface area contributed by atoms with Gasteiger partial charge in [0.1, 0.15) is 5.41 Å². The van der Waals surface area contributed by atoms with Gasteiger partial charge in [-0.15, -0.1) is 0 Å². The van der Waals surface area contributed by atoms with Gasteiger partial charge < -0.3 is 10.2 Å². The van der Waals surface area contributed by atoms with Crippen LogP contribution in [0.15, 0.2) is 24.3 Å². The van der Waals surface area contributed by atoms with Crippen LogP contribution in [0.3, 0.4) is 0 Å². The number of hydrogen-bond donors (Lipinski definition) is 2. The maximum absolute atomic E-state index is 13.5. The van der Waals surface area contributed by atoms with Gasteiger partial charge in [0.25, 0.3) is 0 Å². The Morgan fingerprint density at radius 2 is 2.12 bits per heavy atom. The van der Waals surface area contributed by atoms with Crippen LogP contribution in [0.2, 0.25) is 5.02 Å². The lowest BCUT2D eigenvalue weighted by Gasteiger charge is -2.28. The van der Waals surface area contributed by atoms with Crippen LogP contribution in [0.5, 0.6) is 0 Å². The number of halogens is 4. The largest absolute Gasteiger partial charge is 0.400 e. The van der Waals surface area contributed by atoms with E-state index in [9.17, 15) is 18.0 Å². The van der Waals surface area contributed by atoms with Crippen molar-refractivity contribution in [3.05, 3.63) is 46.2 Å². The Kier molecular flexibility index (Phi) is 3.91. The van der Waals surface area contributed by atoms with Crippen molar-refractivity contribution < 1.29 is 18.0 Å². The van der Waals surface area contributed by atoms with E-state index in [4.69, 9.17) is 11.6 Å². The predicted octanol–water partition coefficient (Wildman–Crippen LogP) is 4.25. The lowest BCUT2D eigenvalue weighted by atomic mass is 9.94. The first-order chi connectivity index (χ1) is 12.3. The molecule has 2 heterocycles. The maximum atomic E-state index is 13.5. The van der Waals surface area contributed by atoms with Crippen molar-refractivity contribution in [3.8, 4) is 0 Å². The topological polar surface area (TPSA) is 61.0 Å². The molecule has 1 aromatic heterocycles. The minimum Gasteiger partial charge on any atom is -0.320 e. The number of hydrogen-bond acceptors (Lipinski definition) is 2. The lowest BCUT2D eigenvalue weighted by molar-refractivity contribution is -0.161. The molecule has 0 bridgehead atoms. The number of anilines is 1. The van der Waals surface area contributed by atoms with E-state index in [0.29, 0.717) is 34.9 Å². The molecule has 0 atom stereocenters. The van der Waals surface area contributed by atoms with Crippen molar-refractivity contribution in [3.63, 3.8) is 0 Å². The Hall–Kier alpha value is -2.22. The van der Waals surface area contributed by atoms with Crippen LogP contribution in [0.1, 0.15) is 29.8 Å². The Balaban J connectivity index is 1.55. The molecule has 2 amide bonds. The molecule has 2 aliphatic rings. The van der Waals surface area contributed by atoms with Gasteiger partial charge in [-0.3, -0.25) is 5.10 Å². The highest BCUT2D eigenvalue weighted by molar-refractivity contribution is 6.30. The number of nitrogens with one attached hydrogen (secondary N) is 2. The van der Waals surface area contributed by atoms with Crippen LogP contribution < -0.4 is 5.32 Å². The van der Waals surface area contributed by atoms with E-state index in [-0.39, 0.29) is 31.1 Å². The second-order valence-electron chi connectivity index (χ2n) is 6.72. The van der Waals surface area contributed by atoms with E-state index >= 15 is 0 Å². The van der Waals surface area contributed by atoms with Crippen molar-refractivity contribution in [1.82, 2.24) is 15.1 Å². The highest BCUT2D eigenvalue weighted by atomic mass is 35.5. The normalized spacial score (nSPS) is 18.4. The second kappa shape index (κ2) is 5.90. The second-order valence-corrected chi connectivity index (χ2v) is 7.16. The molecule has 5 nitrogen and oxygen atoms in total. The highest BCUT2D eigenvalue weighted by Crippen LogP contribution is 2.59. The third kappa shape index (κ3) is 2.82. The third-order valence-corrected chi connectivity index (χ3v) is 5.28. The van der Waals surface area contributed by atoms with Gasteiger partial charge >= 0.3 is 12.2 Å². The lowest BCUT2D eigenvalue weighted by Crippen LogP contribution is -2.40. The molecular weight excluding hydrogens is 369 g/mol. The Labute approximate surface area is 152 Å². The zero-order valence-corrected chi connectivity index (χ0v) is 14.4. The summed E-state index contributed by atoms with van der Waals surface area (Å²) < 4.78 is 40.4. The number of H-pyrrole nitrogens is 1. The van der Waals surface area contributed by atoms with Gasteiger partial charge in [-0.2, -0.15) is 18.3 Å². The van der Waals surface area contributed by atoms with E-state index in [2.05, 4.69) is 15.5 Å². The monoisotopic (exact) mass is 384 g/mol. The molecule has 0 saturated heterocycles. The van der Waals surface area contributed by atoms with Gasteiger partial charge in [-0.25, -0.2) is 4.79 Å². The summed E-state index contributed by atoms with van der Waals surface area (Å²) in [6, 6.07) is 6.34. The molecule has 1 fully saturated rings. The molecule has 26 heavy (non-hydrogen) atoms. The van der Waals surface area contributed by atoms with Gasteiger partial charge in [-0.1, -0.05) is 17.7 Å². The number of aromatic nitrogens is 2. The summed E-state index contributed by atoms with van der Waals surface area (Å²) in [5.41, 5.74) is -0.103. The van der Waals surface area contributed by atoms with E-state index < -0.39 is 11.6 Å². The van der Waals surface area contributed by atoms with Crippen LogP contribution in [0.4, 0.5) is 23.7 Å². The zero-order valence-electron chi connectivity index (χ0n) is 13.7. The number of aromatic amines is 1. The number of amides is 2. The molecule has 0 radical (unpaired) electrons. The molecule has 4 rings (SSSR count). The summed E-state index contributed by atoms with van der Waals surface area (Å²) in [7, 11) is 0. The molecule has 9 heteroatoms. The molecule has 2 N–H and O–H groups in total. The fourth-order valence-corrected chi connectivity index (χ4v) is 3.60. The number of fused-ring (bicyclic) bond motifs is 1. The fourth-order valence-electron chi connectivity index (χ4n) is 3.41. The number of nitrogens with zero attached hydrogens (tertiary/aromatic N) is 2. The summed E-state index contributed by atoms with van der Waals surface area (Å²) in [6.07, 6.45) is -3.80. The first-order valence-electron chi connectivity index (χ1n) is 8.25. The van der Waals surface area contributed by atoms with Gasteiger partial charge in [0.2, 0.25) is 0 Å². The summed E-state index contributed by atoms with van der Waals surface area (Å²) in [6.45, 7) is 0.505. The summed E-state index contributed by atoms with van der Waals surface area (Å²) in [5, 5.41) is 9.92. The first-order valence-corrected chi connectivity index (χ1v) is 8.63. The van der Waals surface area contributed by atoms with Gasteiger partial charge in [-0.05, 0) is 31.0 Å². The fraction of sp³-hybridized carbons (Fsp3) is 0.412. The maximum Gasteiger partial charge on any atom is 0.400 e.